The van der Waals surface area contributed by atoms with Crippen LogP contribution in [0.15, 0.2) is 17.0 Å². The Morgan fingerprint density at radius 1 is 1.24 bits per heavy atom. The van der Waals surface area contributed by atoms with Crippen LogP contribution in [0, 0.1) is 12.8 Å². The number of aryl methyl sites for hydroxylation is 1. The minimum Gasteiger partial charge on any atom is -0.385 e. The van der Waals surface area contributed by atoms with Gasteiger partial charge in [0.25, 0.3) is 0 Å². The van der Waals surface area contributed by atoms with Crippen LogP contribution in [0.4, 0.5) is 5.69 Å². The molecule has 116 valence electrons. The van der Waals surface area contributed by atoms with E-state index in [1.165, 1.54) is 0 Å². The highest BCUT2D eigenvalue weighted by molar-refractivity contribution is 7.89. The minimum atomic E-state index is -3.42. The van der Waals surface area contributed by atoms with Crippen LogP contribution in [0.5, 0.6) is 0 Å². The Labute approximate surface area is 127 Å². The highest BCUT2D eigenvalue weighted by Gasteiger charge is 2.30. The van der Waals surface area contributed by atoms with E-state index < -0.39 is 10.0 Å². The molecule has 1 saturated carbocycles. The van der Waals surface area contributed by atoms with Crippen molar-refractivity contribution in [2.24, 2.45) is 5.92 Å². The summed E-state index contributed by atoms with van der Waals surface area (Å²) in [7, 11) is -3.42. The van der Waals surface area contributed by atoms with Gasteiger partial charge in [-0.05, 0) is 55.7 Å². The van der Waals surface area contributed by atoms with Gasteiger partial charge in [0.1, 0.15) is 0 Å². The number of hydrogen-bond donors (Lipinski definition) is 2. The average Bonchev–Trinajstić information content (AvgIpc) is 2.84. The molecule has 3 rings (SSSR count). The molecule has 1 aromatic carbocycles. The maximum atomic E-state index is 12.8. The van der Waals surface area contributed by atoms with E-state index >= 15 is 0 Å². The second kappa shape index (κ2) is 5.61. The first kappa shape index (κ1) is 14.9. The van der Waals surface area contributed by atoms with Crippen molar-refractivity contribution in [1.82, 2.24) is 4.72 Å². The summed E-state index contributed by atoms with van der Waals surface area (Å²) in [4.78, 5) is 0.467. The smallest absolute Gasteiger partial charge is 0.241 e. The lowest BCUT2D eigenvalue weighted by Gasteiger charge is -2.24. The van der Waals surface area contributed by atoms with Crippen molar-refractivity contribution in [3.8, 4) is 0 Å². The van der Waals surface area contributed by atoms with Crippen molar-refractivity contribution in [3.05, 3.63) is 23.3 Å². The number of sulfonamides is 1. The van der Waals surface area contributed by atoms with E-state index in [1.54, 1.807) is 6.07 Å². The molecule has 2 N–H and O–H groups in total. The molecule has 0 radical (unpaired) electrons. The van der Waals surface area contributed by atoms with Crippen molar-refractivity contribution in [1.29, 1.82) is 0 Å². The summed E-state index contributed by atoms with van der Waals surface area (Å²) in [6, 6.07) is 3.76. The normalized spacial score (nSPS) is 25.4. The summed E-state index contributed by atoms with van der Waals surface area (Å²) in [6.07, 6.45) is 4.99. The maximum absolute atomic E-state index is 12.8. The molecule has 2 atom stereocenters. The Kier molecular flexibility index (Phi) is 3.97. The number of benzene rings is 1. The first-order valence-electron chi connectivity index (χ1n) is 7.88. The Bertz CT molecular complexity index is 640. The maximum Gasteiger partial charge on any atom is 0.241 e. The molecule has 5 heteroatoms. The van der Waals surface area contributed by atoms with Crippen LogP contribution in [-0.2, 0) is 16.4 Å². The summed E-state index contributed by atoms with van der Waals surface area (Å²) >= 11 is 0. The van der Waals surface area contributed by atoms with Gasteiger partial charge in [0.05, 0.1) is 4.90 Å². The number of nitrogens with one attached hydrogen (secondary N) is 2. The first-order valence-corrected chi connectivity index (χ1v) is 9.36. The highest BCUT2D eigenvalue weighted by Crippen LogP contribution is 2.33. The van der Waals surface area contributed by atoms with Gasteiger partial charge in [-0.1, -0.05) is 19.4 Å². The molecule has 0 bridgehead atoms. The van der Waals surface area contributed by atoms with Crippen LogP contribution in [0.3, 0.4) is 0 Å². The third-order valence-electron chi connectivity index (χ3n) is 4.84. The Morgan fingerprint density at radius 3 is 2.76 bits per heavy atom. The van der Waals surface area contributed by atoms with Gasteiger partial charge >= 0.3 is 0 Å². The average molecular weight is 308 g/mol. The topological polar surface area (TPSA) is 58.2 Å². The van der Waals surface area contributed by atoms with Gasteiger partial charge in [0, 0.05) is 18.3 Å². The predicted octanol–water partition coefficient (Wildman–Crippen LogP) is 2.82. The van der Waals surface area contributed by atoms with E-state index in [4.69, 9.17) is 0 Å². The molecule has 0 saturated heterocycles. The molecule has 1 heterocycles. The van der Waals surface area contributed by atoms with E-state index in [2.05, 4.69) is 17.0 Å². The third kappa shape index (κ3) is 2.81. The standard InChI is InChI=1S/C16H24N2O2S/c1-11-5-3-7-14(11)18-21(19,20)15-9-8-12(2)16-13(15)6-4-10-17-16/h8-9,11,14,17-18H,3-7,10H2,1-2H3. The molecule has 0 amide bonds. The molecule has 1 aliphatic heterocycles. The fourth-order valence-electron chi connectivity index (χ4n) is 3.55. The lowest BCUT2D eigenvalue weighted by atomic mass is 10.00. The van der Waals surface area contributed by atoms with Crippen molar-refractivity contribution in [2.45, 2.75) is 56.9 Å². The Hall–Kier alpha value is -1.07. The molecular formula is C16H24N2O2S. The SMILES string of the molecule is Cc1ccc(S(=O)(=O)NC2CCCC2C)c2c1NCCC2. The van der Waals surface area contributed by atoms with Crippen LogP contribution in [-0.4, -0.2) is 21.0 Å². The molecule has 21 heavy (non-hydrogen) atoms. The van der Waals surface area contributed by atoms with Crippen LogP contribution in [0.25, 0.3) is 0 Å². The van der Waals surface area contributed by atoms with Gasteiger partial charge in [-0.25, -0.2) is 13.1 Å². The summed E-state index contributed by atoms with van der Waals surface area (Å²) in [6.45, 7) is 5.08. The van der Waals surface area contributed by atoms with E-state index in [0.717, 1.165) is 55.5 Å². The summed E-state index contributed by atoms with van der Waals surface area (Å²) in [5.74, 6) is 0.430. The molecule has 4 nitrogen and oxygen atoms in total. The van der Waals surface area contributed by atoms with Gasteiger partial charge in [0.15, 0.2) is 0 Å². The van der Waals surface area contributed by atoms with Crippen LogP contribution < -0.4 is 10.0 Å². The fourth-order valence-corrected chi connectivity index (χ4v) is 5.21. The molecule has 2 aliphatic rings. The van der Waals surface area contributed by atoms with Gasteiger partial charge in [-0.3, -0.25) is 0 Å². The molecule has 1 aliphatic carbocycles. The molecular weight excluding hydrogens is 284 g/mol. The summed E-state index contributed by atoms with van der Waals surface area (Å²) in [5, 5.41) is 3.35. The van der Waals surface area contributed by atoms with E-state index in [-0.39, 0.29) is 6.04 Å². The number of rotatable bonds is 3. The highest BCUT2D eigenvalue weighted by atomic mass is 32.2. The lowest BCUT2D eigenvalue weighted by molar-refractivity contribution is 0.476. The monoisotopic (exact) mass is 308 g/mol. The zero-order valence-electron chi connectivity index (χ0n) is 12.8. The predicted molar refractivity (Wildman–Crippen MR) is 85.1 cm³/mol. The molecule has 0 spiro atoms. The van der Waals surface area contributed by atoms with Gasteiger partial charge in [-0.2, -0.15) is 0 Å². The fraction of sp³-hybridized carbons (Fsp3) is 0.625. The summed E-state index contributed by atoms with van der Waals surface area (Å²) < 4.78 is 28.5. The van der Waals surface area contributed by atoms with Crippen LogP contribution >= 0.6 is 0 Å². The molecule has 1 fully saturated rings. The Morgan fingerprint density at radius 2 is 2.05 bits per heavy atom. The second-order valence-corrected chi connectivity index (χ2v) is 8.08. The molecule has 1 aromatic rings. The largest absolute Gasteiger partial charge is 0.385 e. The van der Waals surface area contributed by atoms with Crippen LogP contribution in [0.1, 0.15) is 43.7 Å². The molecule has 0 aromatic heterocycles. The van der Waals surface area contributed by atoms with Gasteiger partial charge in [0.2, 0.25) is 10.0 Å². The zero-order chi connectivity index (χ0) is 15.0. The van der Waals surface area contributed by atoms with E-state index in [1.807, 2.05) is 13.0 Å². The van der Waals surface area contributed by atoms with Crippen LogP contribution in [0.2, 0.25) is 0 Å². The zero-order valence-corrected chi connectivity index (χ0v) is 13.6. The number of hydrogen-bond acceptors (Lipinski definition) is 3. The van der Waals surface area contributed by atoms with Crippen molar-refractivity contribution in [3.63, 3.8) is 0 Å². The number of fused-ring (bicyclic) bond motifs is 1. The summed E-state index contributed by atoms with van der Waals surface area (Å²) in [5.41, 5.74) is 3.10. The van der Waals surface area contributed by atoms with E-state index in [0.29, 0.717) is 10.8 Å². The second-order valence-electron chi connectivity index (χ2n) is 6.40. The van der Waals surface area contributed by atoms with Crippen molar-refractivity contribution in [2.75, 3.05) is 11.9 Å². The van der Waals surface area contributed by atoms with Gasteiger partial charge in [-0.15, -0.1) is 0 Å². The minimum absolute atomic E-state index is 0.0866. The van der Waals surface area contributed by atoms with Gasteiger partial charge < -0.3 is 5.32 Å². The lowest BCUT2D eigenvalue weighted by Crippen LogP contribution is -2.37. The van der Waals surface area contributed by atoms with Crippen molar-refractivity contribution < 1.29 is 8.42 Å². The van der Waals surface area contributed by atoms with E-state index in [9.17, 15) is 8.42 Å². The number of anilines is 1. The Balaban J connectivity index is 1.95. The molecule has 2 unspecified atom stereocenters. The quantitative estimate of drug-likeness (QED) is 0.903. The third-order valence-corrected chi connectivity index (χ3v) is 6.42. The van der Waals surface area contributed by atoms with Crippen molar-refractivity contribution >= 4 is 15.7 Å². The first-order chi connectivity index (χ1) is 9.99.